The van der Waals surface area contributed by atoms with Crippen molar-refractivity contribution in [1.82, 2.24) is 9.80 Å². The molecule has 0 bridgehead atoms. The van der Waals surface area contributed by atoms with Gasteiger partial charge in [-0.15, -0.1) is 0 Å². The summed E-state index contributed by atoms with van der Waals surface area (Å²) in [5, 5.41) is 9.60. The van der Waals surface area contributed by atoms with Gasteiger partial charge >= 0.3 is 0 Å². The van der Waals surface area contributed by atoms with E-state index in [0.29, 0.717) is 0 Å². The van der Waals surface area contributed by atoms with Crippen molar-refractivity contribution >= 4 is 5.91 Å². The van der Waals surface area contributed by atoms with E-state index in [-0.39, 0.29) is 11.9 Å². The monoisotopic (exact) mass is 263 g/mol. The van der Waals surface area contributed by atoms with Crippen LogP contribution in [0, 0.1) is 16.7 Å². The van der Waals surface area contributed by atoms with Gasteiger partial charge in [0.1, 0.15) is 5.41 Å². The molecule has 1 aliphatic carbocycles. The maximum atomic E-state index is 12.9. The zero-order valence-corrected chi connectivity index (χ0v) is 12.2. The average molecular weight is 263 g/mol. The van der Waals surface area contributed by atoms with Crippen LogP contribution < -0.4 is 0 Å². The lowest BCUT2D eigenvalue weighted by atomic mass is 9.80. The molecule has 2 rings (SSSR count). The third kappa shape index (κ3) is 2.92. The molecule has 4 heteroatoms. The Labute approximate surface area is 116 Å². The van der Waals surface area contributed by atoms with Gasteiger partial charge in [0, 0.05) is 25.7 Å². The minimum Gasteiger partial charge on any atom is -0.336 e. The van der Waals surface area contributed by atoms with Gasteiger partial charge in [-0.25, -0.2) is 0 Å². The summed E-state index contributed by atoms with van der Waals surface area (Å²) in [6.07, 6.45) is 5.86. The second kappa shape index (κ2) is 5.92. The molecule has 1 atom stereocenters. The number of nitrogens with zero attached hydrogens (tertiary/aromatic N) is 3. The SMILES string of the molecule is CC1CN(C)CCN1C(=O)C1(C#N)CCCCCC1. The molecule has 0 spiro atoms. The number of amides is 1. The molecule has 1 aliphatic heterocycles. The number of piperazine rings is 1. The van der Waals surface area contributed by atoms with Gasteiger partial charge in [-0.3, -0.25) is 4.79 Å². The first-order valence-electron chi connectivity index (χ1n) is 7.50. The topological polar surface area (TPSA) is 47.3 Å². The van der Waals surface area contributed by atoms with E-state index in [1.165, 1.54) is 0 Å². The Hall–Kier alpha value is -1.08. The normalized spacial score (nSPS) is 28.5. The summed E-state index contributed by atoms with van der Waals surface area (Å²) in [5.41, 5.74) is -0.735. The summed E-state index contributed by atoms with van der Waals surface area (Å²) in [5.74, 6) is 0.0949. The van der Waals surface area contributed by atoms with Crippen LogP contribution in [-0.2, 0) is 4.79 Å². The van der Waals surface area contributed by atoms with Crippen molar-refractivity contribution in [3.8, 4) is 6.07 Å². The fourth-order valence-corrected chi connectivity index (χ4v) is 3.42. The van der Waals surface area contributed by atoms with Crippen LogP contribution in [0.3, 0.4) is 0 Å². The first-order valence-corrected chi connectivity index (χ1v) is 7.50. The summed E-state index contributed by atoms with van der Waals surface area (Å²) >= 11 is 0. The molecule has 1 unspecified atom stereocenters. The molecule has 0 aromatic heterocycles. The average Bonchev–Trinajstić information content (AvgIpc) is 2.64. The number of carbonyl (C=O) groups is 1. The van der Waals surface area contributed by atoms with Crippen molar-refractivity contribution in [1.29, 1.82) is 5.26 Å². The van der Waals surface area contributed by atoms with Crippen LogP contribution in [0.25, 0.3) is 0 Å². The largest absolute Gasteiger partial charge is 0.336 e. The van der Waals surface area contributed by atoms with Crippen LogP contribution in [0.15, 0.2) is 0 Å². The molecule has 0 aromatic rings. The fourth-order valence-electron chi connectivity index (χ4n) is 3.42. The molecule has 1 amide bonds. The molecule has 0 N–H and O–H groups in total. The molecule has 1 heterocycles. The van der Waals surface area contributed by atoms with Gasteiger partial charge < -0.3 is 9.80 Å². The Bertz CT molecular complexity index is 366. The van der Waals surface area contributed by atoms with Crippen molar-refractivity contribution in [3.05, 3.63) is 0 Å². The Kier molecular flexibility index (Phi) is 4.46. The molecule has 106 valence electrons. The van der Waals surface area contributed by atoms with Crippen molar-refractivity contribution in [2.24, 2.45) is 5.41 Å². The molecule has 4 nitrogen and oxygen atoms in total. The third-order valence-corrected chi connectivity index (χ3v) is 4.67. The maximum Gasteiger partial charge on any atom is 0.243 e. The molecule has 0 radical (unpaired) electrons. The standard InChI is InChI=1S/C15H25N3O/c1-13-11-17(2)9-10-18(13)14(19)15(12-16)7-5-3-4-6-8-15/h13H,3-11H2,1-2H3. The summed E-state index contributed by atoms with van der Waals surface area (Å²) < 4.78 is 0. The summed E-state index contributed by atoms with van der Waals surface area (Å²) in [6.45, 7) is 4.68. The van der Waals surface area contributed by atoms with E-state index >= 15 is 0 Å². The number of hydrogen-bond donors (Lipinski definition) is 0. The first kappa shape index (κ1) is 14.3. The number of likely N-dealkylation sites (N-methyl/N-ethyl adjacent to an activating group) is 1. The summed E-state index contributed by atoms with van der Waals surface area (Å²) in [6, 6.07) is 2.60. The minimum absolute atomic E-state index is 0.0949. The highest BCUT2D eigenvalue weighted by molar-refractivity contribution is 5.86. The lowest BCUT2D eigenvalue weighted by Gasteiger charge is -2.41. The van der Waals surface area contributed by atoms with Crippen LogP contribution in [0.2, 0.25) is 0 Å². The molecule has 19 heavy (non-hydrogen) atoms. The highest BCUT2D eigenvalue weighted by atomic mass is 16.2. The number of hydrogen-bond acceptors (Lipinski definition) is 3. The van der Waals surface area contributed by atoms with Crippen molar-refractivity contribution in [3.63, 3.8) is 0 Å². The molecular formula is C15H25N3O. The van der Waals surface area contributed by atoms with E-state index in [4.69, 9.17) is 0 Å². The van der Waals surface area contributed by atoms with Gasteiger partial charge in [0.05, 0.1) is 6.07 Å². The zero-order chi connectivity index (χ0) is 13.9. The van der Waals surface area contributed by atoms with E-state index in [0.717, 1.165) is 58.2 Å². The number of rotatable bonds is 1. The van der Waals surface area contributed by atoms with Crippen molar-refractivity contribution in [2.75, 3.05) is 26.7 Å². The molecule has 0 aromatic carbocycles. The van der Waals surface area contributed by atoms with E-state index in [1.807, 2.05) is 4.90 Å². The van der Waals surface area contributed by atoms with Gasteiger partial charge in [0.2, 0.25) is 5.91 Å². The van der Waals surface area contributed by atoms with Crippen LogP contribution >= 0.6 is 0 Å². The molecule has 1 saturated heterocycles. The molecular weight excluding hydrogens is 238 g/mol. The van der Waals surface area contributed by atoms with E-state index in [9.17, 15) is 10.1 Å². The smallest absolute Gasteiger partial charge is 0.243 e. The Morgan fingerprint density at radius 3 is 2.37 bits per heavy atom. The highest BCUT2D eigenvalue weighted by Crippen LogP contribution is 2.37. The Balaban J connectivity index is 2.14. The van der Waals surface area contributed by atoms with E-state index in [1.54, 1.807) is 0 Å². The van der Waals surface area contributed by atoms with Crippen LogP contribution in [-0.4, -0.2) is 48.4 Å². The number of nitriles is 1. The highest BCUT2D eigenvalue weighted by Gasteiger charge is 2.43. The minimum atomic E-state index is -0.735. The third-order valence-electron chi connectivity index (χ3n) is 4.67. The molecule has 1 saturated carbocycles. The van der Waals surface area contributed by atoms with E-state index < -0.39 is 5.41 Å². The molecule has 2 fully saturated rings. The van der Waals surface area contributed by atoms with Gasteiger partial charge in [0.15, 0.2) is 0 Å². The lowest BCUT2D eigenvalue weighted by molar-refractivity contribution is -0.144. The van der Waals surface area contributed by atoms with Gasteiger partial charge in [-0.2, -0.15) is 5.26 Å². The maximum absolute atomic E-state index is 12.9. The fraction of sp³-hybridized carbons (Fsp3) is 0.867. The Morgan fingerprint density at radius 2 is 1.84 bits per heavy atom. The predicted molar refractivity (Wildman–Crippen MR) is 74.4 cm³/mol. The van der Waals surface area contributed by atoms with Crippen molar-refractivity contribution < 1.29 is 4.79 Å². The van der Waals surface area contributed by atoms with Crippen LogP contribution in [0.5, 0.6) is 0 Å². The summed E-state index contributed by atoms with van der Waals surface area (Å²) in [4.78, 5) is 17.1. The summed E-state index contributed by atoms with van der Waals surface area (Å²) in [7, 11) is 2.09. The lowest BCUT2D eigenvalue weighted by Crippen LogP contribution is -2.56. The Morgan fingerprint density at radius 1 is 1.21 bits per heavy atom. The second-order valence-corrected chi connectivity index (χ2v) is 6.22. The van der Waals surface area contributed by atoms with Crippen LogP contribution in [0.4, 0.5) is 0 Å². The first-order chi connectivity index (χ1) is 9.09. The zero-order valence-electron chi connectivity index (χ0n) is 12.2. The predicted octanol–water partition coefficient (Wildman–Crippen LogP) is 2.01. The van der Waals surface area contributed by atoms with Gasteiger partial charge in [-0.1, -0.05) is 25.7 Å². The van der Waals surface area contributed by atoms with Gasteiger partial charge in [-0.05, 0) is 26.8 Å². The molecule has 2 aliphatic rings. The van der Waals surface area contributed by atoms with Gasteiger partial charge in [0.25, 0.3) is 0 Å². The van der Waals surface area contributed by atoms with Crippen LogP contribution in [0.1, 0.15) is 45.4 Å². The van der Waals surface area contributed by atoms with E-state index in [2.05, 4.69) is 24.9 Å². The number of carbonyl (C=O) groups excluding carboxylic acids is 1. The second-order valence-electron chi connectivity index (χ2n) is 6.22. The van der Waals surface area contributed by atoms with Crippen molar-refractivity contribution in [2.45, 2.75) is 51.5 Å². The quantitative estimate of drug-likeness (QED) is 0.680.